The lowest BCUT2D eigenvalue weighted by molar-refractivity contribution is 0.121. The molecule has 0 saturated carbocycles. The van der Waals surface area contributed by atoms with Crippen molar-refractivity contribution in [2.75, 3.05) is 82.9 Å². The van der Waals surface area contributed by atoms with Crippen LogP contribution in [0.3, 0.4) is 0 Å². The van der Waals surface area contributed by atoms with Gasteiger partial charge in [0.1, 0.15) is 0 Å². The van der Waals surface area contributed by atoms with Crippen LogP contribution in [0.1, 0.15) is 38.5 Å². The van der Waals surface area contributed by atoms with E-state index in [0.29, 0.717) is 0 Å². The van der Waals surface area contributed by atoms with Crippen molar-refractivity contribution in [3.05, 3.63) is 0 Å². The summed E-state index contributed by atoms with van der Waals surface area (Å²) in [5.74, 6) is 0. The lowest BCUT2D eigenvalue weighted by Crippen LogP contribution is -2.43. The lowest BCUT2D eigenvalue weighted by Gasteiger charge is -2.25. The standard InChI is InChI=1S/C20H48N2O6Si2/c1-21(17-13-19-29(23-3,24-4)25-5)15-11-9-10-12-16-22(2)18-14-20-30(26-6,27-7)28-8/h9-20H2,1-8H3. The van der Waals surface area contributed by atoms with Crippen LogP contribution in [0.2, 0.25) is 12.1 Å². The van der Waals surface area contributed by atoms with Crippen LogP contribution in [0.15, 0.2) is 0 Å². The Morgan fingerprint density at radius 3 is 0.967 bits per heavy atom. The van der Waals surface area contributed by atoms with Crippen molar-refractivity contribution < 1.29 is 26.6 Å². The zero-order valence-electron chi connectivity index (χ0n) is 20.8. The van der Waals surface area contributed by atoms with E-state index in [2.05, 4.69) is 23.9 Å². The molecule has 0 N–H and O–H groups in total. The smallest absolute Gasteiger partial charge is 0.377 e. The molecule has 8 nitrogen and oxygen atoms in total. The quantitative estimate of drug-likeness (QED) is 0.188. The highest BCUT2D eigenvalue weighted by Crippen LogP contribution is 2.16. The van der Waals surface area contributed by atoms with Gasteiger partial charge in [0.2, 0.25) is 0 Å². The Balaban J connectivity index is 3.74. The fraction of sp³-hybridized carbons (Fsp3) is 1.00. The molecule has 0 atom stereocenters. The summed E-state index contributed by atoms with van der Waals surface area (Å²) >= 11 is 0. The number of hydrogen-bond acceptors (Lipinski definition) is 8. The molecule has 182 valence electrons. The van der Waals surface area contributed by atoms with E-state index >= 15 is 0 Å². The third kappa shape index (κ3) is 12.2. The Bertz CT molecular complexity index is 349. The van der Waals surface area contributed by atoms with Crippen LogP contribution in [-0.4, -0.2) is 110 Å². The highest BCUT2D eigenvalue weighted by molar-refractivity contribution is 6.60. The molecule has 0 unspecified atom stereocenters. The maximum absolute atomic E-state index is 5.48. The van der Waals surface area contributed by atoms with Crippen LogP contribution in [-0.2, 0) is 26.6 Å². The first-order valence-corrected chi connectivity index (χ1v) is 14.9. The van der Waals surface area contributed by atoms with Crippen LogP contribution < -0.4 is 0 Å². The van der Waals surface area contributed by atoms with Crippen LogP contribution in [0, 0.1) is 0 Å². The molecule has 0 fully saturated rings. The Morgan fingerprint density at radius 2 is 0.700 bits per heavy atom. The molecule has 0 aromatic heterocycles. The second-order valence-corrected chi connectivity index (χ2v) is 14.0. The molecule has 30 heavy (non-hydrogen) atoms. The molecule has 0 aromatic rings. The molecule has 0 bridgehead atoms. The van der Waals surface area contributed by atoms with Gasteiger partial charge in [-0.25, -0.2) is 0 Å². The predicted molar refractivity (Wildman–Crippen MR) is 126 cm³/mol. The first-order chi connectivity index (χ1) is 14.4. The molecule has 0 aromatic carbocycles. The second kappa shape index (κ2) is 17.6. The van der Waals surface area contributed by atoms with Gasteiger partial charge in [0.05, 0.1) is 0 Å². The van der Waals surface area contributed by atoms with Gasteiger partial charge in [0.25, 0.3) is 0 Å². The lowest BCUT2D eigenvalue weighted by atomic mass is 10.2. The third-order valence-electron chi connectivity index (χ3n) is 5.74. The van der Waals surface area contributed by atoms with Gasteiger partial charge in [-0.2, -0.15) is 0 Å². The molecule has 0 saturated heterocycles. The molecular formula is C20H48N2O6Si2. The highest BCUT2D eigenvalue weighted by Gasteiger charge is 2.37. The normalized spacial score (nSPS) is 13.0. The summed E-state index contributed by atoms with van der Waals surface area (Å²) < 4.78 is 32.9. The molecule has 0 rings (SSSR count). The van der Waals surface area contributed by atoms with Crippen LogP contribution in [0.4, 0.5) is 0 Å². The Kier molecular flexibility index (Phi) is 17.7. The number of rotatable bonds is 21. The van der Waals surface area contributed by atoms with Gasteiger partial charge < -0.3 is 36.4 Å². The maximum atomic E-state index is 5.48. The molecular weight excluding hydrogens is 420 g/mol. The highest BCUT2D eigenvalue weighted by atomic mass is 28.4. The number of unbranched alkanes of at least 4 members (excludes halogenated alkanes) is 3. The van der Waals surface area contributed by atoms with Crippen molar-refractivity contribution in [2.45, 2.75) is 50.6 Å². The largest absolute Gasteiger partial charge is 0.500 e. The molecule has 0 heterocycles. The van der Waals surface area contributed by atoms with Crippen molar-refractivity contribution in [2.24, 2.45) is 0 Å². The summed E-state index contributed by atoms with van der Waals surface area (Å²) in [6.45, 7) is 4.36. The van der Waals surface area contributed by atoms with Gasteiger partial charge in [-0.05, 0) is 66.0 Å². The van der Waals surface area contributed by atoms with E-state index < -0.39 is 17.6 Å². The van der Waals surface area contributed by atoms with Crippen molar-refractivity contribution in [3.8, 4) is 0 Å². The third-order valence-corrected chi connectivity index (χ3v) is 11.4. The molecule has 0 amide bonds. The summed E-state index contributed by atoms with van der Waals surface area (Å²) in [6, 6.07) is 1.71. The minimum Gasteiger partial charge on any atom is -0.377 e. The Morgan fingerprint density at radius 1 is 0.433 bits per heavy atom. The fourth-order valence-corrected chi connectivity index (χ4v) is 6.99. The zero-order valence-corrected chi connectivity index (χ0v) is 22.8. The van der Waals surface area contributed by atoms with E-state index in [1.807, 2.05) is 0 Å². The van der Waals surface area contributed by atoms with Crippen molar-refractivity contribution >= 4 is 17.6 Å². The monoisotopic (exact) mass is 468 g/mol. The molecule has 0 aliphatic carbocycles. The SMILES string of the molecule is CO[Si](CCCN(C)CCCCCCN(C)CCC[Si](OC)(OC)OC)(OC)OC. The number of hydrogen-bond donors (Lipinski definition) is 0. The van der Waals surface area contributed by atoms with Gasteiger partial charge in [0, 0.05) is 54.7 Å². The summed E-state index contributed by atoms with van der Waals surface area (Å²) in [5.41, 5.74) is 0. The molecule has 0 spiro atoms. The Labute approximate surface area is 187 Å². The average Bonchev–Trinajstić information content (AvgIpc) is 2.77. The fourth-order valence-electron chi connectivity index (χ4n) is 3.58. The first kappa shape index (κ1) is 30.1. The first-order valence-electron chi connectivity index (χ1n) is 11.0. The van der Waals surface area contributed by atoms with Gasteiger partial charge >= 0.3 is 17.6 Å². The van der Waals surface area contributed by atoms with Crippen molar-refractivity contribution in [1.82, 2.24) is 9.80 Å². The summed E-state index contributed by atoms with van der Waals surface area (Å²) in [4.78, 5) is 4.79. The van der Waals surface area contributed by atoms with Crippen LogP contribution in [0.5, 0.6) is 0 Å². The number of nitrogens with zero attached hydrogens (tertiary/aromatic N) is 2. The zero-order chi connectivity index (χ0) is 22.9. The van der Waals surface area contributed by atoms with E-state index in [-0.39, 0.29) is 0 Å². The second-order valence-electron chi connectivity index (χ2n) is 7.82. The van der Waals surface area contributed by atoms with E-state index in [4.69, 9.17) is 26.6 Å². The molecule has 0 aliphatic rings. The van der Waals surface area contributed by atoms with E-state index in [1.165, 1.54) is 25.7 Å². The molecule has 0 aliphatic heterocycles. The van der Waals surface area contributed by atoms with E-state index in [9.17, 15) is 0 Å². The van der Waals surface area contributed by atoms with E-state index in [0.717, 1.165) is 51.1 Å². The Hall–Kier alpha value is 0.114. The summed E-state index contributed by atoms with van der Waals surface area (Å²) in [6.07, 6.45) is 7.09. The van der Waals surface area contributed by atoms with Gasteiger partial charge in [-0.15, -0.1) is 0 Å². The van der Waals surface area contributed by atoms with Crippen LogP contribution in [0.25, 0.3) is 0 Å². The van der Waals surface area contributed by atoms with Gasteiger partial charge in [-0.3, -0.25) is 0 Å². The van der Waals surface area contributed by atoms with Gasteiger partial charge in [0.15, 0.2) is 0 Å². The van der Waals surface area contributed by atoms with Crippen molar-refractivity contribution in [3.63, 3.8) is 0 Å². The van der Waals surface area contributed by atoms with Crippen LogP contribution >= 0.6 is 0 Å². The predicted octanol–water partition coefficient (Wildman–Crippen LogP) is 2.95. The molecule has 10 heteroatoms. The summed E-state index contributed by atoms with van der Waals surface area (Å²) in [5, 5.41) is 0. The minimum absolute atomic E-state index is 0.857. The van der Waals surface area contributed by atoms with Crippen molar-refractivity contribution in [1.29, 1.82) is 0 Å². The summed E-state index contributed by atoms with van der Waals surface area (Å²) in [7, 11) is 9.58. The minimum atomic E-state index is -2.42. The topological polar surface area (TPSA) is 61.9 Å². The average molecular weight is 469 g/mol. The maximum Gasteiger partial charge on any atom is 0.500 e. The van der Waals surface area contributed by atoms with Gasteiger partial charge in [-0.1, -0.05) is 12.8 Å². The van der Waals surface area contributed by atoms with E-state index in [1.54, 1.807) is 42.7 Å². The molecule has 0 radical (unpaired) electrons.